The van der Waals surface area contributed by atoms with Crippen LogP contribution in [0.2, 0.25) is 0 Å². The number of benzene rings is 1. The lowest BCUT2D eigenvalue weighted by atomic mass is 10.4. The van der Waals surface area contributed by atoms with E-state index in [2.05, 4.69) is 42.0 Å². The standard InChI is InChI=1S/C12H13Br2N3O3S/c1-3-11-15-12(20-16-11)7-17(2)21(18,19)10-5-4-8(13)6-9(10)14/h4-6H,3,7H2,1-2H3. The minimum absolute atomic E-state index is 0.0256. The maximum atomic E-state index is 12.5. The molecule has 2 aromatic rings. The zero-order chi connectivity index (χ0) is 15.6. The molecule has 2 rings (SSSR count). The van der Waals surface area contributed by atoms with Crippen LogP contribution in [0.5, 0.6) is 0 Å². The van der Waals surface area contributed by atoms with Gasteiger partial charge in [-0.05, 0) is 34.1 Å². The van der Waals surface area contributed by atoms with Gasteiger partial charge in [0.1, 0.15) is 0 Å². The van der Waals surface area contributed by atoms with Gasteiger partial charge in [-0.2, -0.15) is 9.29 Å². The highest BCUT2D eigenvalue weighted by Crippen LogP contribution is 2.28. The van der Waals surface area contributed by atoms with Crippen LogP contribution in [0.25, 0.3) is 0 Å². The molecule has 9 heteroatoms. The van der Waals surface area contributed by atoms with Crippen LogP contribution in [0.3, 0.4) is 0 Å². The number of rotatable bonds is 5. The summed E-state index contributed by atoms with van der Waals surface area (Å²) in [6.45, 7) is 1.92. The van der Waals surface area contributed by atoms with Crippen molar-refractivity contribution < 1.29 is 12.9 Å². The van der Waals surface area contributed by atoms with Gasteiger partial charge in [-0.15, -0.1) is 0 Å². The molecule has 6 nitrogen and oxygen atoms in total. The molecule has 1 heterocycles. The van der Waals surface area contributed by atoms with Gasteiger partial charge in [-0.3, -0.25) is 0 Å². The van der Waals surface area contributed by atoms with E-state index in [1.54, 1.807) is 12.1 Å². The van der Waals surface area contributed by atoms with Crippen LogP contribution in [0.4, 0.5) is 0 Å². The van der Waals surface area contributed by atoms with Crippen molar-refractivity contribution in [1.29, 1.82) is 0 Å². The number of hydrogen-bond donors (Lipinski definition) is 0. The fraction of sp³-hybridized carbons (Fsp3) is 0.333. The van der Waals surface area contributed by atoms with Crippen LogP contribution in [0.1, 0.15) is 18.6 Å². The van der Waals surface area contributed by atoms with Crippen LogP contribution in [0.15, 0.2) is 36.6 Å². The molecule has 0 bridgehead atoms. The second-order valence-electron chi connectivity index (χ2n) is 4.29. The molecule has 0 amide bonds. The third-order valence-electron chi connectivity index (χ3n) is 2.77. The highest BCUT2D eigenvalue weighted by Gasteiger charge is 2.25. The SMILES string of the molecule is CCc1noc(CN(C)S(=O)(=O)c2ccc(Br)cc2Br)n1. The van der Waals surface area contributed by atoms with E-state index in [1.165, 1.54) is 17.4 Å². The first-order valence-electron chi connectivity index (χ1n) is 6.07. The Morgan fingerprint density at radius 3 is 2.62 bits per heavy atom. The summed E-state index contributed by atoms with van der Waals surface area (Å²) in [5.41, 5.74) is 0. The quantitative estimate of drug-likeness (QED) is 0.717. The van der Waals surface area contributed by atoms with Crippen molar-refractivity contribution in [3.8, 4) is 0 Å². The molecule has 0 atom stereocenters. The van der Waals surface area contributed by atoms with Crippen molar-refractivity contribution in [2.24, 2.45) is 0 Å². The van der Waals surface area contributed by atoms with Gasteiger partial charge in [0.25, 0.3) is 0 Å². The average Bonchev–Trinajstić information content (AvgIpc) is 2.85. The second-order valence-corrected chi connectivity index (χ2v) is 8.08. The van der Waals surface area contributed by atoms with Gasteiger partial charge < -0.3 is 4.52 Å². The molecule has 114 valence electrons. The second kappa shape index (κ2) is 6.55. The van der Waals surface area contributed by atoms with Gasteiger partial charge in [-0.25, -0.2) is 8.42 Å². The molecule has 0 aliphatic carbocycles. The molecule has 0 N–H and O–H groups in total. The number of aryl methyl sites for hydroxylation is 1. The lowest BCUT2D eigenvalue weighted by molar-refractivity contribution is 0.334. The fourth-order valence-electron chi connectivity index (χ4n) is 1.63. The minimum Gasteiger partial charge on any atom is -0.338 e. The van der Waals surface area contributed by atoms with Crippen molar-refractivity contribution in [1.82, 2.24) is 14.4 Å². The van der Waals surface area contributed by atoms with Crippen molar-refractivity contribution in [3.05, 3.63) is 38.9 Å². The van der Waals surface area contributed by atoms with E-state index in [9.17, 15) is 8.42 Å². The molecule has 0 saturated heterocycles. The highest BCUT2D eigenvalue weighted by molar-refractivity contribution is 9.11. The van der Waals surface area contributed by atoms with E-state index >= 15 is 0 Å². The normalized spacial score (nSPS) is 12.0. The summed E-state index contributed by atoms with van der Waals surface area (Å²) in [4.78, 5) is 4.29. The molecule has 0 saturated carbocycles. The zero-order valence-corrected chi connectivity index (χ0v) is 15.4. The Labute approximate surface area is 139 Å². The molecule has 1 aromatic carbocycles. The molecule has 0 fully saturated rings. The van der Waals surface area contributed by atoms with Crippen LogP contribution < -0.4 is 0 Å². The fourth-order valence-corrected chi connectivity index (χ4v) is 4.45. The Kier molecular flexibility index (Phi) is 5.18. The third-order valence-corrected chi connectivity index (χ3v) is 6.04. The number of aromatic nitrogens is 2. The Hall–Kier alpha value is -0.770. The monoisotopic (exact) mass is 437 g/mol. The van der Waals surface area contributed by atoms with Gasteiger partial charge in [0.05, 0.1) is 11.4 Å². The number of sulfonamides is 1. The van der Waals surface area contributed by atoms with Crippen LogP contribution in [-0.4, -0.2) is 29.9 Å². The van der Waals surface area contributed by atoms with Crippen LogP contribution >= 0.6 is 31.9 Å². The molecule has 0 radical (unpaired) electrons. The molecule has 1 aromatic heterocycles. The molecule has 0 aliphatic heterocycles. The molecular weight excluding hydrogens is 426 g/mol. The van der Waals surface area contributed by atoms with E-state index < -0.39 is 10.0 Å². The molecule has 0 aliphatic rings. The first-order valence-corrected chi connectivity index (χ1v) is 9.10. The van der Waals surface area contributed by atoms with Crippen molar-refractivity contribution >= 4 is 41.9 Å². The summed E-state index contributed by atoms with van der Waals surface area (Å²) >= 11 is 6.56. The minimum atomic E-state index is -3.64. The Morgan fingerprint density at radius 2 is 2.05 bits per heavy atom. The van der Waals surface area contributed by atoms with Crippen molar-refractivity contribution in [2.75, 3.05) is 7.05 Å². The maximum Gasteiger partial charge on any atom is 0.244 e. The number of hydrogen-bond acceptors (Lipinski definition) is 5. The van der Waals surface area contributed by atoms with Crippen molar-refractivity contribution in [2.45, 2.75) is 24.8 Å². The lowest BCUT2D eigenvalue weighted by Crippen LogP contribution is -2.27. The van der Waals surface area contributed by atoms with Crippen molar-refractivity contribution in [3.63, 3.8) is 0 Å². The van der Waals surface area contributed by atoms with E-state index in [-0.39, 0.29) is 17.3 Å². The number of halogens is 2. The molecule has 0 spiro atoms. The van der Waals surface area contributed by atoms with E-state index in [4.69, 9.17) is 4.52 Å². The van der Waals surface area contributed by atoms with E-state index in [1.807, 2.05) is 6.92 Å². The molecule has 0 unspecified atom stereocenters. The summed E-state index contributed by atoms with van der Waals surface area (Å²) in [5.74, 6) is 0.826. The van der Waals surface area contributed by atoms with Gasteiger partial charge >= 0.3 is 0 Å². The van der Waals surface area contributed by atoms with Crippen LogP contribution in [-0.2, 0) is 23.0 Å². The van der Waals surface area contributed by atoms with E-state index in [0.29, 0.717) is 16.7 Å². The number of nitrogens with zero attached hydrogens (tertiary/aromatic N) is 3. The Morgan fingerprint density at radius 1 is 1.33 bits per heavy atom. The predicted octanol–water partition coefficient (Wildman–Crippen LogP) is 2.98. The summed E-state index contributed by atoms with van der Waals surface area (Å²) in [7, 11) is -2.17. The first-order chi connectivity index (χ1) is 9.84. The topological polar surface area (TPSA) is 76.3 Å². The first kappa shape index (κ1) is 16.6. The summed E-state index contributed by atoms with van der Waals surface area (Å²) in [5, 5.41) is 3.75. The molecular formula is C12H13Br2N3O3S. The van der Waals surface area contributed by atoms with Gasteiger partial charge in [-0.1, -0.05) is 28.0 Å². The summed E-state index contributed by atoms with van der Waals surface area (Å²) < 4.78 is 32.5. The predicted molar refractivity (Wildman–Crippen MR) is 84.2 cm³/mol. The Balaban J connectivity index is 2.25. The maximum absolute atomic E-state index is 12.5. The average molecular weight is 439 g/mol. The third kappa shape index (κ3) is 3.71. The summed E-state index contributed by atoms with van der Waals surface area (Å²) in [6.07, 6.45) is 0.637. The largest absolute Gasteiger partial charge is 0.338 e. The summed E-state index contributed by atoms with van der Waals surface area (Å²) in [6, 6.07) is 4.89. The van der Waals surface area contributed by atoms with Crippen LogP contribution in [0, 0.1) is 0 Å². The van der Waals surface area contributed by atoms with E-state index in [0.717, 1.165) is 4.47 Å². The molecule has 21 heavy (non-hydrogen) atoms. The van der Waals surface area contributed by atoms with Gasteiger partial charge in [0.15, 0.2) is 5.82 Å². The zero-order valence-electron chi connectivity index (χ0n) is 11.4. The smallest absolute Gasteiger partial charge is 0.244 e. The lowest BCUT2D eigenvalue weighted by Gasteiger charge is -2.16. The highest BCUT2D eigenvalue weighted by atomic mass is 79.9. The van der Waals surface area contributed by atoms with Gasteiger partial charge in [0, 0.05) is 22.4 Å². The Bertz CT molecular complexity index is 746. The van der Waals surface area contributed by atoms with Gasteiger partial charge in [0.2, 0.25) is 15.9 Å².